The largest absolute Gasteiger partial charge is 0.467 e. The van der Waals surface area contributed by atoms with Crippen LogP contribution >= 0.6 is 0 Å². The van der Waals surface area contributed by atoms with Gasteiger partial charge in [0.1, 0.15) is 6.04 Å². The Morgan fingerprint density at radius 2 is 1.75 bits per heavy atom. The maximum Gasteiger partial charge on any atom is 0.330 e. The second-order valence-electron chi connectivity index (χ2n) is 5.94. The molecule has 24 heavy (non-hydrogen) atoms. The summed E-state index contributed by atoms with van der Waals surface area (Å²) in [5, 5.41) is 0. The molecule has 0 saturated carbocycles. The summed E-state index contributed by atoms with van der Waals surface area (Å²) in [6, 6.07) is 6.52. The molecular formula is C17H23N3O4. The van der Waals surface area contributed by atoms with E-state index >= 15 is 0 Å². The molecule has 0 unspecified atom stereocenters. The number of carbonyl (C=O) groups excluding carboxylic acids is 3. The van der Waals surface area contributed by atoms with Gasteiger partial charge in [-0.15, -0.1) is 0 Å². The molecule has 0 bridgehead atoms. The van der Waals surface area contributed by atoms with E-state index < -0.39 is 12.0 Å². The Bertz CT molecular complexity index is 627. The van der Waals surface area contributed by atoms with Crippen LogP contribution in [-0.4, -0.2) is 74.5 Å². The van der Waals surface area contributed by atoms with E-state index in [1.54, 1.807) is 17.0 Å². The lowest BCUT2D eigenvalue weighted by atomic mass is 10.1. The first-order valence-electron chi connectivity index (χ1n) is 7.77. The molecule has 1 aliphatic heterocycles. The number of amides is 2. The number of rotatable bonds is 3. The van der Waals surface area contributed by atoms with Gasteiger partial charge < -0.3 is 19.4 Å². The number of anilines is 1. The normalized spacial score (nSPS) is 17.4. The van der Waals surface area contributed by atoms with Crippen molar-refractivity contribution in [3.05, 3.63) is 29.8 Å². The molecule has 1 saturated heterocycles. The number of esters is 1. The third-order valence-electron chi connectivity index (χ3n) is 4.18. The number of nitrogens with zero attached hydrogens (tertiary/aromatic N) is 3. The van der Waals surface area contributed by atoms with Gasteiger partial charge in [0, 0.05) is 45.4 Å². The lowest BCUT2D eigenvalue weighted by molar-refractivity contribution is -0.154. The molecule has 2 amide bonds. The Kier molecular flexibility index (Phi) is 5.43. The second kappa shape index (κ2) is 7.33. The van der Waals surface area contributed by atoms with Crippen molar-refractivity contribution in [2.24, 2.45) is 0 Å². The number of hydrogen-bond donors (Lipinski definition) is 0. The van der Waals surface area contributed by atoms with Gasteiger partial charge in [-0.05, 0) is 24.3 Å². The fourth-order valence-electron chi connectivity index (χ4n) is 2.77. The maximum absolute atomic E-state index is 12.7. The zero-order chi connectivity index (χ0) is 17.9. The van der Waals surface area contributed by atoms with Crippen molar-refractivity contribution in [1.29, 1.82) is 0 Å². The van der Waals surface area contributed by atoms with E-state index in [4.69, 9.17) is 4.74 Å². The molecule has 0 radical (unpaired) electrons. The van der Waals surface area contributed by atoms with Gasteiger partial charge >= 0.3 is 5.97 Å². The minimum absolute atomic E-state index is 0.139. The predicted octanol–water partition coefficient (Wildman–Crippen LogP) is 0.598. The summed E-state index contributed by atoms with van der Waals surface area (Å²) in [5.74, 6) is -0.865. The standard InChI is InChI=1S/C17H23N3O4/c1-12(21)20-10-9-19(11-15(20)17(23)24-4)16(22)13-5-7-14(8-6-13)18(2)3/h5-8,15H,9-11H2,1-4H3/t15-/m1/s1. The van der Waals surface area contributed by atoms with E-state index in [1.165, 1.54) is 18.9 Å². The van der Waals surface area contributed by atoms with Gasteiger partial charge in [-0.2, -0.15) is 0 Å². The number of piperazine rings is 1. The molecule has 1 heterocycles. The molecule has 1 aliphatic rings. The van der Waals surface area contributed by atoms with Crippen LogP contribution in [0.15, 0.2) is 24.3 Å². The van der Waals surface area contributed by atoms with E-state index in [1.807, 2.05) is 31.1 Å². The molecule has 1 atom stereocenters. The highest BCUT2D eigenvalue weighted by molar-refractivity contribution is 5.95. The van der Waals surface area contributed by atoms with Crippen molar-refractivity contribution in [2.75, 3.05) is 45.7 Å². The second-order valence-corrected chi connectivity index (χ2v) is 5.94. The number of methoxy groups -OCH3 is 1. The summed E-state index contributed by atoms with van der Waals surface area (Å²) in [7, 11) is 5.14. The van der Waals surface area contributed by atoms with Crippen LogP contribution in [0.1, 0.15) is 17.3 Å². The quantitative estimate of drug-likeness (QED) is 0.758. The van der Waals surface area contributed by atoms with Gasteiger partial charge in [-0.3, -0.25) is 9.59 Å². The summed E-state index contributed by atoms with van der Waals surface area (Å²) in [6.07, 6.45) is 0. The average Bonchev–Trinajstić information content (AvgIpc) is 2.59. The molecule has 1 aromatic rings. The molecule has 1 aromatic carbocycles. The van der Waals surface area contributed by atoms with Crippen LogP contribution in [0.4, 0.5) is 5.69 Å². The summed E-state index contributed by atoms with van der Waals surface area (Å²) in [5.41, 5.74) is 1.56. The average molecular weight is 333 g/mol. The lowest BCUT2D eigenvalue weighted by Crippen LogP contribution is -2.59. The fraction of sp³-hybridized carbons (Fsp3) is 0.471. The maximum atomic E-state index is 12.7. The molecule has 0 aromatic heterocycles. The summed E-state index contributed by atoms with van der Waals surface area (Å²) in [4.78, 5) is 41.3. The molecule has 130 valence electrons. The predicted molar refractivity (Wildman–Crippen MR) is 89.9 cm³/mol. The molecule has 0 N–H and O–H groups in total. The van der Waals surface area contributed by atoms with Crippen molar-refractivity contribution in [2.45, 2.75) is 13.0 Å². The van der Waals surface area contributed by atoms with Crippen LogP contribution < -0.4 is 4.90 Å². The number of benzene rings is 1. The minimum atomic E-state index is -0.758. The highest BCUT2D eigenvalue weighted by atomic mass is 16.5. The third-order valence-corrected chi connectivity index (χ3v) is 4.18. The van der Waals surface area contributed by atoms with Crippen molar-refractivity contribution < 1.29 is 19.1 Å². The van der Waals surface area contributed by atoms with Crippen molar-refractivity contribution >= 4 is 23.5 Å². The zero-order valence-corrected chi connectivity index (χ0v) is 14.5. The van der Waals surface area contributed by atoms with Crippen LogP contribution in [0.2, 0.25) is 0 Å². The summed E-state index contributed by atoms with van der Waals surface area (Å²) in [6.45, 7) is 2.26. The smallest absolute Gasteiger partial charge is 0.330 e. The minimum Gasteiger partial charge on any atom is -0.467 e. The molecule has 7 nitrogen and oxygen atoms in total. The Morgan fingerprint density at radius 3 is 2.25 bits per heavy atom. The van der Waals surface area contributed by atoms with E-state index in [0.717, 1.165) is 5.69 Å². The van der Waals surface area contributed by atoms with E-state index in [0.29, 0.717) is 18.7 Å². The van der Waals surface area contributed by atoms with Gasteiger partial charge in [-0.1, -0.05) is 0 Å². The number of ether oxygens (including phenoxy) is 1. The van der Waals surface area contributed by atoms with Crippen molar-refractivity contribution in [3.8, 4) is 0 Å². The van der Waals surface area contributed by atoms with Crippen LogP contribution in [0.5, 0.6) is 0 Å². The van der Waals surface area contributed by atoms with Gasteiger partial charge in [0.25, 0.3) is 5.91 Å². The zero-order valence-electron chi connectivity index (χ0n) is 14.5. The first-order valence-corrected chi connectivity index (χ1v) is 7.77. The molecule has 0 spiro atoms. The molecule has 2 rings (SSSR count). The Hall–Kier alpha value is -2.57. The summed E-state index contributed by atoms with van der Waals surface area (Å²) < 4.78 is 4.77. The van der Waals surface area contributed by atoms with Crippen LogP contribution in [0, 0.1) is 0 Å². The molecule has 1 fully saturated rings. The molecular weight excluding hydrogens is 310 g/mol. The number of hydrogen-bond acceptors (Lipinski definition) is 5. The van der Waals surface area contributed by atoms with Gasteiger partial charge in [0.05, 0.1) is 13.7 Å². The van der Waals surface area contributed by atoms with Crippen molar-refractivity contribution in [1.82, 2.24) is 9.80 Å². The fourth-order valence-corrected chi connectivity index (χ4v) is 2.77. The van der Waals surface area contributed by atoms with Gasteiger partial charge in [-0.25, -0.2) is 4.79 Å². The lowest BCUT2D eigenvalue weighted by Gasteiger charge is -2.39. The third kappa shape index (κ3) is 3.67. The summed E-state index contributed by atoms with van der Waals surface area (Å²) >= 11 is 0. The SMILES string of the molecule is COC(=O)[C@H]1CN(C(=O)c2ccc(N(C)C)cc2)CCN1C(C)=O. The van der Waals surface area contributed by atoms with E-state index in [2.05, 4.69) is 0 Å². The Labute approximate surface area is 141 Å². The Balaban J connectivity index is 2.15. The van der Waals surface area contributed by atoms with Gasteiger partial charge in [0.2, 0.25) is 5.91 Å². The highest BCUT2D eigenvalue weighted by Gasteiger charge is 2.36. The molecule has 7 heteroatoms. The van der Waals surface area contributed by atoms with E-state index in [9.17, 15) is 14.4 Å². The molecule has 0 aliphatic carbocycles. The Morgan fingerprint density at radius 1 is 1.12 bits per heavy atom. The first-order chi connectivity index (χ1) is 11.3. The van der Waals surface area contributed by atoms with Crippen LogP contribution in [-0.2, 0) is 14.3 Å². The van der Waals surface area contributed by atoms with Gasteiger partial charge in [0.15, 0.2) is 0 Å². The number of carbonyl (C=O) groups is 3. The first kappa shape index (κ1) is 17.8. The van der Waals surface area contributed by atoms with E-state index in [-0.39, 0.29) is 18.4 Å². The highest BCUT2D eigenvalue weighted by Crippen LogP contribution is 2.17. The monoisotopic (exact) mass is 333 g/mol. The topological polar surface area (TPSA) is 70.2 Å². The van der Waals surface area contributed by atoms with Crippen LogP contribution in [0.25, 0.3) is 0 Å². The van der Waals surface area contributed by atoms with Crippen molar-refractivity contribution in [3.63, 3.8) is 0 Å². The van der Waals surface area contributed by atoms with Crippen LogP contribution in [0.3, 0.4) is 0 Å².